The van der Waals surface area contributed by atoms with Gasteiger partial charge in [-0.05, 0) is 43.5 Å². The molecule has 0 aromatic heterocycles. The molecule has 0 heterocycles. The molecule has 16 heavy (non-hydrogen) atoms. The summed E-state index contributed by atoms with van der Waals surface area (Å²) in [6.07, 6.45) is 2.55. The third-order valence-electron chi connectivity index (χ3n) is 2.90. The van der Waals surface area contributed by atoms with Crippen molar-refractivity contribution >= 4 is 11.6 Å². The molecule has 1 rings (SSSR count). The number of hydrogen-bond acceptors (Lipinski definition) is 1. The number of benzene rings is 1. The summed E-state index contributed by atoms with van der Waals surface area (Å²) in [7, 11) is 0. The van der Waals surface area contributed by atoms with Crippen molar-refractivity contribution in [2.24, 2.45) is 5.92 Å². The van der Waals surface area contributed by atoms with Crippen LogP contribution < -0.4 is 5.32 Å². The van der Waals surface area contributed by atoms with E-state index >= 15 is 0 Å². The predicted molar refractivity (Wildman–Crippen MR) is 71.9 cm³/mol. The molecule has 0 spiro atoms. The Labute approximate surface area is 104 Å². The third kappa shape index (κ3) is 4.54. The largest absolute Gasteiger partial charge is 0.310 e. The summed E-state index contributed by atoms with van der Waals surface area (Å²) in [6.45, 7) is 7.78. The van der Waals surface area contributed by atoms with Crippen LogP contribution in [0.1, 0.15) is 45.2 Å². The van der Waals surface area contributed by atoms with Gasteiger partial charge >= 0.3 is 0 Å². The molecular weight excluding hydrogens is 218 g/mol. The third-order valence-corrected chi connectivity index (χ3v) is 3.14. The van der Waals surface area contributed by atoms with Crippen molar-refractivity contribution in [3.05, 3.63) is 34.9 Å². The molecule has 1 unspecified atom stereocenters. The van der Waals surface area contributed by atoms with Gasteiger partial charge in [0, 0.05) is 11.1 Å². The monoisotopic (exact) mass is 239 g/mol. The van der Waals surface area contributed by atoms with Crippen LogP contribution in [0.25, 0.3) is 0 Å². The van der Waals surface area contributed by atoms with Gasteiger partial charge in [0.25, 0.3) is 0 Å². The normalized spacial score (nSPS) is 14.8. The fraction of sp³-hybridized carbons (Fsp3) is 0.571. The highest BCUT2D eigenvalue weighted by Gasteiger charge is 2.07. The number of hydrogen-bond donors (Lipinski definition) is 1. The highest BCUT2D eigenvalue weighted by molar-refractivity contribution is 6.30. The molecule has 0 aliphatic carbocycles. The lowest BCUT2D eigenvalue weighted by atomic mass is 10.0. The van der Waals surface area contributed by atoms with Gasteiger partial charge < -0.3 is 5.32 Å². The lowest BCUT2D eigenvalue weighted by Gasteiger charge is -2.17. The molecule has 1 N–H and O–H groups in total. The Bertz CT molecular complexity index is 311. The molecule has 0 saturated heterocycles. The van der Waals surface area contributed by atoms with Crippen LogP contribution in [0.5, 0.6) is 0 Å². The Morgan fingerprint density at radius 1 is 1.31 bits per heavy atom. The number of rotatable bonds is 6. The molecule has 0 bridgehead atoms. The zero-order chi connectivity index (χ0) is 12.0. The predicted octanol–water partition coefficient (Wildman–Crippen LogP) is 4.43. The summed E-state index contributed by atoms with van der Waals surface area (Å²) in [5.41, 5.74) is 1.26. The maximum Gasteiger partial charge on any atom is 0.0409 e. The highest BCUT2D eigenvalue weighted by Crippen LogP contribution is 2.17. The van der Waals surface area contributed by atoms with Gasteiger partial charge in [0.1, 0.15) is 0 Å². The Hall–Kier alpha value is -0.530. The van der Waals surface area contributed by atoms with E-state index < -0.39 is 0 Å². The molecule has 90 valence electrons. The minimum Gasteiger partial charge on any atom is -0.310 e. The zero-order valence-corrected chi connectivity index (χ0v) is 11.2. The van der Waals surface area contributed by atoms with Gasteiger partial charge in [0.2, 0.25) is 0 Å². The van der Waals surface area contributed by atoms with Gasteiger partial charge in [-0.2, -0.15) is 0 Å². The Morgan fingerprint density at radius 3 is 2.69 bits per heavy atom. The van der Waals surface area contributed by atoms with Crippen molar-refractivity contribution in [1.29, 1.82) is 0 Å². The van der Waals surface area contributed by atoms with Crippen LogP contribution in [0.2, 0.25) is 5.02 Å². The van der Waals surface area contributed by atoms with Crippen LogP contribution in [0.4, 0.5) is 0 Å². The summed E-state index contributed by atoms with van der Waals surface area (Å²) >= 11 is 5.97. The van der Waals surface area contributed by atoms with Crippen LogP contribution >= 0.6 is 11.6 Å². The molecule has 1 aromatic rings. The lowest BCUT2D eigenvalue weighted by molar-refractivity contribution is 0.444. The molecule has 0 aliphatic rings. The van der Waals surface area contributed by atoms with Crippen molar-refractivity contribution in [3.8, 4) is 0 Å². The van der Waals surface area contributed by atoms with Gasteiger partial charge in [0.15, 0.2) is 0 Å². The molecule has 2 heteroatoms. The van der Waals surface area contributed by atoms with Crippen LogP contribution in [0, 0.1) is 5.92 Å². The molecule has 1 aromatic carbocycles. The second-order valence-electron chi connectivity index (χ2n) is 4.58. The van der Waals surface area contributed by atoms with Gasteiger partial charge in [-0.15, -0.1) is 0 Å². The molecule has 1 nitrogen and oxygen atoms in total. The SMILES string of the molecule is CCCC(C)CN[C@@H](C)c1cccc(Cl)c1. The van der Waals surface area contributed by atoms with Crippen LogP contribution in [0.3, 0.4) is 0 Å². The van der Waals surface area contributed by atoms with Gasteiger partial charge in [0.05, 0.1) is 0 Å². The van der Waals surface area contributed by atoms with Crippen molar-refractivity contribution in [1.82, 2.24) is 5.32 Å². The average Bonchev–Trinajstić information content (AvgIpc) is 2.26. The maximum absolute atomic E-state index is 5.97. The molecule has 0 fully saturated rings. The van der Waals surface area contributed by atoms with Crippen molar-refractivity contribution in [2.75, 3.05) is 6.54 Å². The summed E-state index contributed by atoms with van der Waals surface area (Å²) < 4.78 is 0. The summed E-state index contributed by atoms with van der Waals surface area (Å²) in [5, 5.41) is 4.36. The van der Waals surface area contributed by atoms with E-state index in [-0.39, 0.29) is 0 Å². The van der Waals surface area contributed by atoms with Crippen molar-refractivity contribution in [3.63, 3.8) is 0 Å². The fourth-order valence-electron chi connectivity index (χ4n) is 1.87. The molecule has 0 saturated carbocycles. The minimum atomic E-state index is 0.373. The summed E-state index contributed by atoms with van der Waals surface area (Å²) in [5.74, 6) is 0.742. The van der Waals surface area contributed by atoms with E-state index in [1.165, 1.54) is 18.4 Å². The van der Waals surface area contributed by atoms with E-state index in [4.69, 9.17) is 11.6 Å². The van der Waals surface area contributed by atoms with E-state index in [0.717, 1.165) is 17.5 Å². The Morgan fingerprint density at radius 2 is 2.06 bits per heavy atom. The minimum absolute atomic E-state index is 0.373. The quantitative estimate of drug-likeness (QED) is 0.775. The standard InChI is InChI=1S/C14H22ClN/c1-4-6-11(2)10-16-12(3)13-7-5-8-14(15)9-13/h5,7-9,11-12,16H,4,6,10H2,1-3H3/t11?,12-/m0/s1. The molecular formula is C14H22ClN. The van der Waals surface area contributed by atoms with E-state index in [1.807, 2.05) is 18.2 Å². The van der Waals surface area contributed by atoms with Gasteiger partial charge in [-0.1, -0.05) is 44.0 Å². The van der Waals surface area contributed by atoms with Crippen LogP contribution in [-0.2, 0) is 0 Å². The lowest BCUT2D eigenvalue weighted by Crippen LogP contribution is -2.24. The van der Waals surface area contributed by atoms with Gasteiger partial charge in [-0.3, -0.25) is 0 Å². The second kappa shape index (κ2) is 6.93. The number of halogens is 1. The highest BCUT2D eigenvalue weighted by atomic mass is 35.5. The molecule has 0 radical (unpaired) electrons. The maximum atomic E-state index is 5.97. The van der Waals surface area contributed by atoms with Crippen LogP contribution in [0.15, 0.2) is 24.3 Å². The number of nitrogens with one attached hydrogen (secondary N) is 1. The van der Waals surface area contributed by atoms with E-state index in [9.17, 15) is 0 Å². The average molecular weight is 240 g/mol. The topological polar surface area (TPSA) is 12.0 Å². The van der Waals surface area contributed by atoms with E-state index in [1.54, 1.807) is 0 Å². The Kier molecular flexibility index (Phi) is 5.86. The first-order valence-corrected chi connectivity index (χ1v) is 6.50. The molecule has 0 amide bonds. The first-order valence-electron chi connectivity index (χ1n) is 6.12. The molecule has 2 atom stereocenters. The summed E-state index contributed by atoms with van der Waals surface area (Å²) in [6, 6.07) is 8.44. The Balaban J connectivity index is 2.43. The van der Waals surface area contributed by atoms with E-state index in [0.29, 0.717) is 6.04 Å². The second-order valence-corrected chi connectivity index (χ2v) is 5.02. The fourth-order valence-corrected chi connectivity index (χ4v) is 2.07. The first-order chi connectivity index (χ1) is 7.63. The smallest absolute Gasteiger partial charge is 0.0409 e. The van der Waals surface area contributed by atoms with Gasteiger partial charge in [-0.25, -0.2) is 0 Å². The first kappa shape index (κ1) is 13.5. The van der Waals surface area contributed by atoms with Crippen molar-refractivity contribution < 1.29 is 0 Å². The van der Waals surface area contributed by atoms with E-state index in [2.05, 4.69) is 32.2 Å². The van der Waals surface area contributed by atoms with Crippen LogP contribution in [-0.4, -0.2) is 6.54 Å². The zero-order valence-electron chi connectivity index (χ0n) is 10.5. The van der Waals surface area contributed by atoms with Crippen molar-refractivity contribution in [2.45, 2.75) is 39.7 Å². The molecule has 0 aliphatic heterocycles. The summed E-state index contributed by atoms with van der Waals surface area (Å²) in [4.78, 5) is 0.